The molecule has 3 aromatic carbocycles. The third kappa shape index (κ3) is 4.50. The van der Waals surface area contributed by atoms with E-state index in [0.29, 0.717) is 17.8 Å². The zero-order chi connectivity index (χ0) is 20.1. The third-order valence-electron chi connectivity index (χ3n) is 4.45. The van der Waals surface area contributed by atoms with Crippen LogP contribution in [0.25, 0.3) is 10.8 Å². The number of ether oxygens (including phenoxy) is 1. The molecule has 1 heterocycles. The van der Waals surface area contributed by atoms with Crippen molar-refractivity contribution >= 4 is 28.3 Å². The van der Waals surface area contributed by atoms with E-state index in [1.807, 2.05) is 72.8 Å². The van der Waals surface area contributed by atoms with Gasteiger partial charge in [-0.1, -0.05) is 66.7 Å². The number of benzene rings is 3. The van der Waals surface area contributed by atoms with Crippen molar-refractivity contribution in [1.29, 1.82) is 0 Å². The molecule has 0 aliphatic rings. The second kappa shape index (κ2) is 8.39. The maximum atomic E-state index is 12.2. The van der Waals surface area contributed by atoms with Crippen LogP contribution in [0.15, 0.2) is 85.2 Å². The molecule has 0 saturated carbocycles. The number of esters is 1. The molecule has 0 spiro atoms. The highest BCUT2D eigenvalue weighted by Crippen LogP contribution is 2.22. The zero-order valence-corrected chi connectivity index (χ0v) is 15.6. The summed E-state index contributed by atoms with van der Waals surface area (Å²) in [5.74, 6) is -0.983. The fraction of sp³-hybridized carbons (Fsp3) is 0.0870. The lowest BCUT2D eigenvalue weighted by Crippen LogP contribution is -2.20. The summed E-state index contributed by atoms with van der Waals surface area (Å²) >= 11 is 0. The van der Waals surface area contributed by atoms with Crippen LogP contribution in [-0.2, 0) is 16.1 Å². The van der Waals surface area contributed by atoms with Gasteiger partial charge in [0, 0.05) is 17.3 Å². The van der Waals surface area contributed by atoms with E-state index in [1.54, 1.807) is 10.9 Å². The van der Waals surface area contributed by atoms with Crippen LogP contribution in [0.1, 0.15) is 15.9 Å². The van der Waals surface area contributed by atoms with Crippen LogP contribution in [0.4, 0.5) is 5.69 Å². The van der Waals surface area contributed by atoms with E-state index in [-0.39, 0.29) is 6.61 Å². The molecule has 6 heteroatoms. The zero-order valence-electron chi connectivity index (χ0n) is 15.6. The maximum absolute atomic E-state index is 12.2. The highest BCUT2D eigenvalue weighted by Gasteiger charge is 2.13. The number of nitrogens with zero attached hydrogens (tertiary/aromatic N) is 2. The van der Waals surface area contributed by atoms with Crippen LogP contribution in [0.3, 0.4) is 0 Å². The van der Waals surface area contributed by atoms with Crippen LogP contribution >= 0.6 is 0 Å². The van der Waals surface area contributed by atoms with Gasteiger partial charge in [-0.05, 0) is 17.0 Å². The molecule has 144 valence electrons. The Bertz CT molecular complexity index is 1150. The summed E-state index contributed by atoms with van der Waals surface area (Å²) in [5, 5.41) is 8.92. The lowest BCUT2D eigenvalue weighted by Gasteiger charge is -2.09. The third-order valence-corrected chi connectivity index (χ3v) is 4.45. The van der Waals surface area contributed by atoms with Gasteiger partial charge in [-0.25, -0.2) is 4.79 Å². The van der Waals surface area contributed by atoms with E-state index in [9.17, 15) is 9.59 Å². The number of fused-ring (bicyclic) bond motifs is 1. The summed E-state index contributed by atoms with van der Waals surface area (Å²) in [7, 11) is 0. The summed E-state index contributed by atoms with van der Waals surface area (Å²) in [6, 6.07) is 23.2. The molecular formula is C23H19N3O3. The van der Waals surface area contributed by atoms with Crippen molar-refractivity contribution in [2.75, 3.05) is 11.9 Å². The van der Waals surface area contributed by atoms with Gasteiger partial charge in [0.25, 0.3) is 5.91 Å². The Kier molecular flexibility index (Phi) is 5.33. The molecular weight excluding hydrogens is 366 g/mol. The van der Waals surface area contributed by atoms with Crippen molar-refractivity contribution < 1.29 is 14.3 Å². The summed E-state index contributed by atoms with van der Waals surface area (Å²) in [6.45, 7) is 0.182. The van der Waals surface area contributed by atoms with Gasteiger partial charge >= 0.3 is 5.97 Å². The molecule has 4 aromatic rings. The van der Waals surface area contributed by atoms with E-state index < -0.39 is 11.9 Å². The van der Waals surface area contributed by atoms with E-state index >= 15 is 0 Å². The molecule has 1 amide bonds. The molecule has 0 bridgehead atoms. The lowest BCUT2D eigenvalue weighted by atomic mass is 10.1. The Hall–Kier alpha value is -3.93. The largest absolute Gasteiger partial charge is 0.452 e. The highest BCUT2D eigenvalue weighted by atomic mass is 16.5. The molecule has 0 fully saturated rings. The Morgan fingerprint density at radius 1 is 0.931 bits per heavy atom. The number of amides is 1. The fourth-order valence-electron chi connectivity index (χ4n) is 3.06. The van der Waals surface area contributed by atoms with Crippen LogP contribution < -0.4 is 5.32 Å². The first-order chi connectivity index (χ1) is 14.2. The number of carbonyl (C=O) groups excluding carboxylic acids is 2. The molecule has 1 aromatic heterocycles. The topological polar surface area (TPSA) is 73.2 Å². The minimum absolute atomic E-state index is 0.305. The van der Waals surface area contributed by atoms with Gasteiger partial charge in [-0.3, -0.25) is 9.48 Å². The van der Waals surface area contributed by atoms with Crippen molar-refractivity contribution in [1.82, 2.24) is 9.78 Å². The van der Waals surface area contributed by atoms with Crippen molar-refractivity contribution in [3.63, 3.8) is 0 Å². The average molecular weight is 385 g/mol. The van der Waals surface area contributed by atoms with Gasteiger partial charge in [0.15, 0.2) is 6.61 Å². The van der Waals surface area contributed by atoms with Crippen LogP contribution in [0.2, 0.25) is 0 Å². The molecule has 0 aliphatic heterocycles. The Morgan fingerprint density at radius 2 is 1.69 bits per heavy atom. The highest BCUT2D eigenvalue weighted by molar-refractivity contribution is 6.03. The Morgan fingerprint density at radius 3 is 2.55 bits per heavy atom. The average Bonchev–Trinajstić information content (AvgIpc) is 3.22. The van der Waals surface area contributed by atoms with Crippen LogP contribution in [0.5, 0.6) is 0 Å². The molecule has 0 atom stereocenters. The number of carbonyl (C=O) groups is 2. The normalized spacial score (nSPS) is 10.6. The van der Waals surface area contributed by atoms with Crippen LogP contribution in [0, 0.1) is 0 Å². The number of hydrogen-bond acceptors (Lipinski definition) is 4. The molecule has 1 N–H and O–H groups in total. The number of rotatable bonds is 6. The number of hydrogen-bond donors (Lipinski definition) is 1. The first-order valence-electron chi connectivity index (χ1n) is 9.20. The van der Waals surface area contributed by atoms with Crippen molar-refractivity contribution in [2.24, 2.45) is 0 Å². The van der Waals surface area contributed by atoms with Gasteiger partial charge in [0.1, 0.15) is 0 Å². The van der Waals surface area contributed by atoms with E-state index in [0.717, 1.165) is 16.3 Å². The lowest BCUT2D eigenvalue weighted by molar-refractivity contribution is -0.119. The van der Waals surface area contributed by atoms with Crippen molar-refractivity contribution in [3.05, 3.63) is 96.3 Å². The predicted octanol–water partition coefficient (Wildman–Crippen LogP) is 3.88. The molecule has 29 heavy (non-hydrogen) atoms. The Labute approximate surface area is 167 Å². The summed E-state index contributed by atoms with van der Waals surface area (Å²) < 4.78 is 6.79. The molecule has 0 radical (unpaired) electrons. The summed E-state index contributed by atoms with van der Waals surface area (Å²) in [4.78, 5) is 24.5. The van der Waals surface area contributed by atoms with E-state index in [2.05, 4.69) is 10.4 Å². The predicted molar refractivity (Wildman–Crippen MR) is 111 cm³/mol. The van der Waals surface area contributed by atoms with Gasteiger partial charge in [-0.2, -0.15) is 5.10 Å². The second-order valence-electron chi connectivity index (χ2n) is 6.56. The first-order valence-corrected chi connectivity index (χ1v) is 9.20. The van der Waals surface area contributed by atoms with Crippen molar-refractivity contribution in [3.8, 4) is 0 Å². The molecule has 6 nitrogen and oxygen atoms in total. The molecule has 0 aliphatic carbocycles. The smallest absolute Gasteiger partial charge is 0.341 e. The summed E-state index contributed by atoms with van der Waals surface area (Å²) in [5.41, 5.74) is 2.06. The molecule has 4 rings (SSSR count). The minimum atomic E-state index is -0.586. The quantitative estimate of drug-likeness (QED) is 0.511. The van der Waals surface area contributed by atoms with Crippen molar-refractivity contribution in [2.45, 2.75) is 6.54 Å². The van der Waals surface area contributed by atoms with Gasteiger partial charge in [-0.15, -0.1) is 0 Å². The minimum Gasteiger partial charge on any atom is -0.452 e. The fourth-order valence-corrected chi connectivity index (χ4v) is 3.06. The second-order valence-corrected chi connectivity index (χ2v) is 6.56. The maximum Gasteiger partial charge on any atom is 0.341 e. The number of nitrogens with one attached hydrogen (secondary N) is 1. The monoisotopic (exact) mass is 385 g/mol. The van der Waals surface area contributed by atoms with Crippen LogP contribution in [-0.4, -0.2) is 28.3 Å². The summed E-state index contributed by atoms with van der Waals surface area (Å²) in [6.07, 6.45) is 3.05. The van der Waals surface area contributed by atoms with Gasteiger partial charge in [0.2, 0.25) is 0 Å². The van der Waals surface area contributed by atoms with E-state index in [1.165, 1.54) is 6.20 Å². The first kappa shape index (κ1) is 18.4. The standard InChI is InChI=1S/C23H19N3O3/c27-22(25-21-12-6-10-18-9-4-5-11-20(18)21)16-29-23(28)19-13-24-26(15-19)14-17-7-2-1-3-8-17/h1-13,15H,14,16H2,(H,25,27). The molecule has 0 unspecified atom stereocenters. The Balaban J connectivity index is 1.34. The molecule has 0 saturated heterocycles. The van der Waals surface area contributed by atoms with Gasteiger partial charge < -0.3 is 10.1 Å². The van der Waals surface area contributed by atoms with Gasteiger partial charge in [0.05, 0.1) is 18.3 Å². The van der Waals surface area contributed by atoms with E-state index in [4.69, 9.17) is 4.74 Å². The number of anilines is 1. The SMILES string of the molecule is O=C(COC(=O)c1cnn(Cc2ccccc2)c1)Nc1cccc2ccccc12. The number of aromatic nitrogens is 2.